The molecular weight excluding hydrogens is 431 g/mol. The molecule has 0 bridgehead atoms. The van der Waals surface area contributed by atoms with Crippen molar-refractivity contribution < 1.29 is 13.9 Å². The lowest BCUT2D eigenvalue weighted by Crippen LogP contribution is -2.13. The summed E-state index contributed by atoms with van der Waals surface area (Å²) in [5.74, 6) is 1.21. The zero-order chi connectivity index (χ0) is 23.3. The highest BCUT2D eigenvalue weighted by Crippen LogP contribution is 2.25. The van der Waals surface area contributed by atoms with E-state index >= 15 is 0 Å². The molecule has 0 aliphatic carbocycles. The van der Waals surface area contributed by atoms with Gasteiger partial charge in [-0.05, 0) is 78.9 Å². The van der Waals surface area contributed by atoms with Crippen molar-refractivity contribution in [2.45, 2.75) is 0 Å². The van der Waals surface area contributed by atoms with Crippen LogP contribution in [0.1, 0.15) is 10.5 Å². The van der Waals surface area contributed by atoms with Gasteiger partial charge in [-0.3, -0.25) is 4.79 Å². The van der Waals surface area contributed by atoms with Gasteiger partial charge in [0.15, 0.2) is 11.5 Å². The number of rotatable bonds is 6. The Morgan fingerprint density at radius 2 is 1.53 bits per heavy atom. The van der Waals surface area contributed by atoms with Crippen LogP contribution in [0.25, 0.3) is 17.1 Å². The fourth-order valence-electron chi connectivity index (χ4n) is 3.40. The van der Waals surface area contributed by atoms with Crippen molar-refractivity contribution >= 4 is 11.6 Å². The van der Waals surface area contributed by atoms with E-state index in [0.29, 0.717) is 28.5 Å². The number of amides is 1. The summed E-state index contributed by atoms with van der Waals surface area (Å²) in [6, 6.07) is 29.6. The number of hydrogen-bond acceptors (Lipinski definition) is 4. The molecule has 1 N–H and O–H groups in total. The zero-order valence-corrected chi connectivity index (χ0v) is 17.9. The van der Waals surface area contributed by atoms with Crippen LogP contribution in [0.5, 0.6) is 11.5 Å². The number of hydrogen-bond donors (Lipinski definition) is 1. The van der Waals surface area contributed by atoms with Crippen molar-refractivity contribution in [1.29, 1.82) is 0 Å². The van der Waals surface area contributed by atoms with Crippen LogP contribution in [0.4, 0.5) is 10.1 Å². The van der Waals surface area contributed by atoms with Crippen molar-refractivity contribution in [3.8, 4) is 28.6 Å². The van der Waals surface area contributed by atoms with Crippen LogP contribution < -0.4 is 10.1 Å². The van der Waals surface area contributed by atoms with Gasteiger partial charge < -0.3 is 10.1 Å². The first kappa shape index (κ1) is 21.1. The molecule has 7 heteroatoms. The van der Waals surface area contributed by atoms with E-state index in [4.69, 9.17) is 4.74 Å². The third-order valence-electron chi connectivity index (χ3n) is 5.04. The molecule has 166 valence electrons. The lowest BCUT2D eigenvalue weighted by atomic mass is 10.1. The molecule has 5 aromatic rings. The lowest BCUT2D eigenvalue weighted by Gasteiger charge is -2.07. The van der Waals surface area contributed by atoms with Crippen LogP contribution in [0.2, 0.25) is 0 Å². The Balaban J connectivity index is 1.39. The van der Waals surface area contributed by atoms with Gasteiger partial charge in [-0.15, -0.1) is 0 Å². The number of pyridine rings is 1. The van der Waals surface area contributed by atoms with Crippen LogP contribution >= 0.6 is 0 Å². The summed E-state index contributed by atoms with van der Waals surface area (Å²) < 4.78 is 20.8. The summed E-state index contributed by atoms with van der Waals surface area (Å²) in [5.41, 5.74) is 2.13. The first-order valence-electron chi connectivity index (χ1n) is 10.6. The van der Waals surface area contributed by atoms with Crippen LogP contribution in [0.15, 0.2) is 109 Å². The maximum absolute atomic E-state index is 13.4. The number of para-hydroxylation sites is 1. The Morgan fingerprint density at radius 3 is 2.24 bits per heavy atom. The van der Waals surface area contributed by atoms with Crippen molar-refractivity contribution in [3.63, 3.8) is 0 Å². The van der Waals surface area contributed by atoms with Crippen LogP contribution in [-0.2, 0) is 0 Å². The molecule has 3 aromatic carbocycles. The normalized spacial score (nSPS) is 10.6. The number of ether oxygens (including phenoxy) is 1. The van der Waals surface area contributed by atoms with Gasteiger partial charge in [-0.1, -0.05) is 24.3 Å². The number of halogens is 1. The third kappa shape index (κ3) is 4.68. The minimum Gasteiger partial charge on any atom is -0.457 e. The van der Waals surface area contributed by atoms with Gasteiger partial charge >= 0.3 is 0 Å². The first-order valence-corrected chi connectivity index (χ1v) is 10.6. The molecule has 0 fully saturated rings. The molecule has 34 heavy (non-hydrogen) atoms. The summed E-state index contributed by atoms with van der Waals surface area (Å²) in [4.78, 5) is 17.3. The lowest BCUT2D eigenvalue weighted by molar-refractivity contribution is 0.102. The second kappa shape index (κ2) is 9.38. The van der Waals surface area contributed by atoms with Crippen molar-refractivity contribution in [2.24, 2.45) is 0 Å². The van der Waals surface area contributed by atoms with E-state index in [1.807, 2.05) is 36.4 Å². The predicted octanol–water partition coefficient (Wildman–Crippen LogP) is 6.12. The molecule has 0 spiro atoms. The second-order valence-corrected chi connectivity index (χ2v) is 7.42. The zero-order valence-electron chi connectivity index (χ0n) is 17.9. The number of anilines is 1. The first-order chi connectivity index (χ1) is 16.7. The summed E-state index contributed by atoms with van der Waals surface area (Å²) in [5, 5.41) is 7.32. The largest absolute Gasteiger partial charge is 0.457 e. The van der Waals surface area contributed by atoms with Gasteiger partial charge in [0.2, 0.25) is 0 Å². The van der Waals surface area contributed by atoms with Gasteiger partial charge in [-0.25, -0.2) is 14.1 Å². The summed E-state index contributed by atoms with van der Waals surface area (Å²) in [6.45, 7) is 0. The summed E-state index contributed by atoms with van der Waals surface area (Å²) in [6.07, 6.45) is 1.64. The third-order valence-corrected chi connectivity index (χ3v) is 5.04. The van der Waals surface area contributed by atoms with Gasteiger partial charge in [-0.2, -0.15) is 5.10 Å². The monoisotopic (exact) mass is 450 g/mol. The Labute approximate surface area is 195 Å². The summed E-state index contributed by atoms with van der Waals surface area (Å²) in [7, 11) is 0. The van der Waals surface area contributed by atoms with Crippen molar-refractivity contribution in [1.82, 2.24) is 14.8 Å². The van der Waals surface area contributed by atoms with E-state index in [1.165, 1.54) is 12.1 Å². The van der Waals surface area contributed by atoms with Crippen LogP contribution in [0.3, 0.4) is 0 Å². The van der Waals surface area contributed by atoms with E-state index in [0.717, 1.165) is 5.75 Å². The molecule has 0 atom stereocenters. The van der Waals surface area contributed by atoms with E-state index in [9.17, 15) is 9.18 Å². The Morgan fingerprint density at radius 1 is 0.824 bits per heavy atom. The highest BCUT2D eigenvalue weighted by molar-refractivity contribution is 6.03. The highest BCUT2D eigenvalue weighted by Gasteiger charge is 2.18. The summed E-state index contributed by atoms with van der Waals surface area (Å²) >= 11 is 0. The minimum absolute atomic E-state index is 0.203. The average molecular weight is 450 g/mol. The molecule has 0 aliphatic heterocycles. The fraction of sp³-hybridized carbons (Fsp3) is 0. The SMILES string of the molecule is O=C(Nc1ccc(Oc2ccccc2)cc1)c1cc(-c2ccc(F)cc2)n(-c2ccccn2)n1. The Hall–Kier alpha value is -4.78. The maximum Gasteiger partial charge on any atom is 0.276 e. The van der Waals surface area contributed by atoms with E-state index in [1.54, 1.807) is 65.5 Å². The molecule has 2 heterocycles. The number of nitrogens with one attached hydrogen (secondary N) is 1. The standard InChI is InChI=1S/C27H19FN4O2/c28-20-11-9-19(10-12-20)25-18-24(31-32(25)26-8-4-5-17-29-26)27(33)30-21-13-15-23(16-14-21)34-22-6-2-1-3-7-22/h1-18H,(H,30,33). The van der Waals surface area contributed by atoms with Gasteiger partial charge in [0.05, 0.1) is 5.69 Å². The predicted molar refractivity (Wildman–Crippen MR) is 128 cm³/mol. The molecule has 0 saturated heterocycles. The molecule has 6 nitrogen and oxygen atoms in total. The molecule has 0 unspecified atom stereocenters. The van der Waals surface area contributed by atoms with E-state index < -0.39 is 0 Å². The number of carbonyl (C=O) groups is 1. The minimum atomic E-state index is -0.380. The van der Waals surface area contributed by atoms with Crippen LogP contribution in [0, 0.1) is 5.82 Å². The number of benzene rings is 3. The van der Waals surface area contributed by atoms with Crippen LogP contribution in [-0.4, -0.2) is 20.7 Å². The molecule has 0 saturated carbocycles. The van der Waals surface area contributed by atoms with Gasteiger partial charge in [0, 0.05) is 17.4 Å². The van der Waals surface area contributed by atoms with Crippen molar-refractivity contribution in [2.75, 3.05) is 5.32 Å². The van der Waals surface area contributed by atoms with Gasteiger partial charge in [0.1, 0.15) is 17.3 Å². The topological polar surface area (TPSA) is 69.0 Å². The average Bonchev–Trinajstić information content (AvgIpc) is 3.33. The Kier molecular flexibility index (Phi) is 5.82. The second-order valence-electron chi connectivity index (χ2n) is 7.42. The molecule has 5 rings (SSSR count). The van der Waals surface area contributed by atoms with Gasteiger partial charge in [0.25, 0.3) is 5.91 Å². The Bertz CT molecular complexity index is 1400. The number of carbonyl (C=O) groups excluding carboxylic acids is 1. The van der Waals surface area contributed by atoms with E-state index in [-0.39, 0.29) is 17.4 Å². The molecule has 0 aliphatic rings. The molecule has 0 radical (unpaired) electrons. The maximum atomic E-state index is 13.4. The highest BCUT2D eigenvalue weighted by atomic mass is 19.1. The smallest absolute Gasteiger partial charge is 0.276 e. The quantitative estimate of drug-likeness (QED) is 0.338. The number of aromatic nitrogens is 3. The number of nitrogens with zero attached hydrogens (tertiary/aromatic N) is 3. The molecule has 1 amide bonds. The van der Waals surface area contributed by atoms with Crippen molar-refractivity contribution in [3.05, 3.63) is 121 Å². The fourth-order valence-corrected chi connectivity index (χ4v) is 3.40. The molecule has 2 aromatic heterocycles. The molecular formula is C27H19FN4O2. The van der Waals surface area contributed by atoms with E-state index in [2.05, 4.69) is 15.4 Å².